The van der Waals surface area contributed by atoms with Gasteiger partial charge in [-0.05, 0) is 55.2 Å². The number of hydrogen-bond donors (Lipinski definition) is 1. The molecule has 0 radical (unpaired) electrons. The first-order valence-corrected chi connectivity index (χ1v) is 11.9. The lowest BCUT2D eigenvalue weighted by Gasteiger charge is -2.28. The molecule has 8 nitrogen and oxygen atoms in total. The maximum Gasteiger partial charge on any atom is 0.277 e. The van der Waals surface area contributed by atoms with Crippen molar-refractivity contribution in [1.82, 2.24) is 14.7 Å². The minimum absolute atomic E-state index is 0.101. The molecule has 0 bridgehead atoms. The van der Waals surface area contributed by atoms with Crippen LogP contribution >= 0.6 is 11.6 Å². The van der Waals surface area contributed by atoms with E-state index in [1.54, 1.807) is 48.2 Å². The normalized spacial score (nSPS) is 16.1. The fraction of sp³-hybridized carbons (Fsp3) is 0.308. The van der Waals surface area contributed by atoms with Gasteiger partial charge >= 0.3 is 0 Å². The predicted molar refractivity (Wildman–Crippen MR) is 133 cm³/mol. The average Bonchev–Trinajstić information content (AvgIpc) is 3.49. The van der Waals surface area contributed by atoms with Crippen LogP contribution in [0.5, 0.6) is 0 Å². The molecule has 2 aromatic carbocycles. The van der Waals surface area contributed by atoms with E-state index in [0.717, 1.165) is 24.1 Å². The number of halogens is 1. The first-order chi connectivity index (χ1) is 16.7. The third-order valence-electron chi connectivity index (χ3n) is 6.94. The Morgan fingerprint density at radius 3 is 2.43 bits per heavy atom. The van der Waals surface area contributed by atoms with Crippen LogP contribution in [0.25, 0.3) is 5.69 Å². The Morgan fingerprint density at radius 2 is 1.83 bits per heavy atom. The Bertz CT molecular complexity index is 1340. The van der Waals surface area contributed by atoms with Crippen LogP contribution in [-0.2, 0) is 16.6 Å². The summed E-state index contributed by atoms with van der Waals surface area (Å²) in [6.07, 6.45) is 2.89. The molecule has 9 heteroatoms. The molecule has 0 spiro atoms. The summed E-state index contributed by atoms with van der Waals surface area (Å²) in [6, 6.07) is 14.8. The minimum Gasteiger partial charge on any atom is -0.364 e. The summed E-state index contributed by atoms with van der Waals surface area (Å²) in [5.41, 5.74) is 8.87. The molecule has 1 aromatic heterocycles. The molecule has 3 aromatic rings. The van der Waals surface area contributed by atoms with Crippen LogP contribution in [0.1, 0.15) is 51.4 Å². The van der Waals surface area contributed by atoms with E-state index in [-0.39, 0.29) is 22.9 Å². The first kappa shape index (κ1) is 23.1. The zero-order chi connectivity index (χ0) is 24.9. The van der Waals surface area contributed by atoms with Crippen molar-refractivity contribution in [2.45, 2.75) is 31.1 Å². The quantitative estimate of drug-likeness (QED) is 0.571. The van der Waals surface area contributed by atoms with E-state index in [1.165, 1.54) is 4.68 Å². The van der Waals surface area contributed by atoms with Gasteiger partial charge in [0.1, 0.15) is 5.69 Å². The van der Waals surface area contributed by atoms with E-state index in [0.29, 0.717) is 41.4 Å². The van der Waals surface area contributed by atoms with Crippen molar-refractivity contribution >= 4 is 35.0 Å². The highest BCUT2D eigenvalue weighted by molar-refractivity contribution is 6.30. The topological polar surface area (TPSA) is 102 Å². The van der Waals surface area contributed by atoms with Gasteiger partial charge in [-0.15, -0.1) is 0 Å². The van der Waals surface area contributed by atoms with Crippen molar-refractivity contribution in [3.8, 4) is 5.69 Å². The van der Waals surface area contributed by atoms with Crippen LogP contribution in [0.4, 0.5) is 5.69 Å². The molecule has 3 amide bonds. The largest absolute Gasteiger partial charge is 0.364 e. The molecule has 5 rings (SSSR count). The predicted octanol–water partition coefficient (Wildman–Crippen LogP) is 3.34. The Labute approximate surface area is 208 Å². The zero-order valence-corrected chi connectivity index (χ0v) is 20.4. The van der Waals surface area contributed by atoms with Crippen LogP contribution in [0.3, 0.4) is 0 Å². The third kappa shape index (κ3) is 4.08. The lowest BCUT2D eigenvalue weighted by atomic mass is 9.91. The molecule has 180 valence electrons. The Hall–Kier alpha value is -3.65. The van der Waals surface area contributed by atoms with Gasteiger partial charge in [0, 0.05) is 48.7 Å². The summed E-state index contributed by atoms with van der Waals surface area (Å²) in [5.74, 6) is -0.817. The van der Waals surface area contributed by atoms with E-state index in [1.807, 2.05) is 24.3 Å². The molecule has 2 heterocycles. The van der Waals surface area contributed by atoms with Crippen molar-refractivity contribution in [3.63, 3.8) is 0 Å². The Balaban J connectivity index is 1.47. The number of fused-ring (bicyclic) bond motifs is 1. The van der Waals surface area contributed by atoms with Gasteiger partial charge in [-0.3, -0.25) is 14.4 Å². The first-order valence-electron chi connectivity index (χ1n) is 11.5. The smallest absolute Gasteiger partial charge is 0.277 e. The third-order valence-corrected chi connectivity index (χ3v) is 7.17. The fourth-order valence-electron chi connectivity index (χ4n) is 4.76. The molecule has 2 N–H and O–H groups in total. The molecule has 0 unspecified atom stereocenters. The summed E-state index contributed by atoms with van der Waals surface area (Å²) in [6.45, 7) is 0.400. The highest BCUT2D eigenvalue weighted by Gasteiger charge is 2.46. The van der Waals surface area contributed by atoms with E-state index in [2.05, 4.69) is 5.10 Å². The number of benzene rings is 2. The Morgan fingerprint density at radius 1 is 1.11 bits per heavy atom. The maximum atomic E-state index is 13.7. The van der Waals surface area contributed by atoms with Crippen molar-refractivity contribution in [2.24, 2.45) is 5.73 Å². The lowest BCUT2D eigenvalue weighted by Crippen LogP contribution is -2.39. The van der Waals surface area contributed by atoms with Gasteiger partial charge in [-0.25, -0.2) is 4.68 Å². The monoisotopic (exact) mass is 491 g/mol. The molecule has 35 heavy (non-hydrogen) atoms. The van der Waals surface area contributed by atoms with Gasteiger partial charge in [0.25, 0.3) is 11.8 Å². The van der Waals surface area contributed by atoms with Crippen molar-refractivity contribution < 1.29 is 14.4 Å². The number of carbonyl (C=O) groups excluding carboxylic acids is 3. The number of amides is 3. The summed E-state index contributed by atoms with van der Waals surface area (Å²) in [7, 11) is 3.55. The minimum atomic E-state index is -0.672. The van der Waals surface area contributed by atoms with Gasteiger partial charge in [0.15, 0.2) is 5.69 Å². The number of rotatable bonds is 6. The van der Waals surface area contributed by atoms with Crippen LogP contribution in [0.2, 0.25) is 5.02 Å². The molecule has 1 aliphatic carbocycles. The molecule has 0 atom stereocenters. The molecule has 0 saturated heterocycles. The van der Waals surface area contributed by atoms with E-state index < -0.39 is 5.91 Å². The van der Waals surface area contributed by atoms with Crippen molar-refractivity contribution in [1.29, 1.82) is 0 Å². The van der Waals surface area contributed by atoms with Gasteiger partial charge in [-0.1, -0.05) is 29.8 Å². The maximum absolute atomic E-state index is 13.7. The van der Waals surface area contributed by atoms with E-state index in [4.69, 9.17) is 17.3 Å². The Kier molecular flexibility index (Phi) is 5.63. The molecular formula is C26H26ClN5O3. The summed E-state index contributed by atoms with van der Waals surface area (Å²) < 4.78 is 1.45. The second-order valence-corrected chi connectivity index (χ2v) is 9.87. The zero-order valence-electron chi connectivity index (χ0n) is 19.6. The number of aromatic nitrogens is 2. The van der Waals surface area contributed by atoms with E-state index >= 15 is 0 Å². The van der Waals surface area contributed by atoms with Crippen LogP contribution < -0.4 is 10.6 Å². The summed E-state index contributed by atoms with van der Waals surface area (Å²) >= 11 is 6.16. The van der Waals surface area contributed by atoms with Crippen molar-refractivity contribution in [3.05, 3.63) is 76.1 Å². The number of carbonyl (C=O) groups is 3. The number of hydrogen-bond acceptors (Lipinski definition) is 4. The van der Waals surface area contributed by atoms with Gasteiger partial charge in [0.05, 0.1) is 5.69 Å². The van der Waals surface area contributed by atoms with Crippen molar-refractivity contribution in [2.75, 3.05) is 25.5 Å². The van der Waals surface area contributed by atoms with Crippen LogP contribution in [-0.4, -0.2) is 53.0 Å². The molecule has 1 aliphatic heterocycles. The average molecular weight is 492 g/mol. The number of nitrogens with zero attached hydrogens (tertiary/aromatic N) is 4. The molecule has 1 saturated carbocycles. The lowest BCUT2D eigenvalue weighted by molar-refractivity contribution is -0.129. The molecule has 1 fully saturated rings. The fourth-order valence-corrected chi connectivity index (χ4v) is 4.94. The molecule has 2 aliphatic rings. The number of nitrogens with two attached hydrogens (primary N) is 1. The number of anilines is 1. The molecular weight excluding hydrogens is 466 g/mol. The standard InChI is InChI=1S/C26H26ClN5O3/c1-30(2)21(33)15-26(11-12-26)16-6-8-18(9-7-16)31-13-10-20-22(24(28)34)29-32(23(20)25(31)35)19-5-3-4-17(27)14-19/h3-9,14H,10-13,15H2,1-2H3,(H2,28,34). The van der Waals surface area contributed by atoms with Gasteiger partial charge < -0.3 is 15.5 Å². The highest BCUT2D eigenvalue weighted by Crippen LogP contribution is 2.51. The SMILES string of the molecule is CN(C)C(=O)CC1(c2ccc(N3CCc4c(C(N)=O)nn(-c5cccc(Cl)c5)c4C3=O)cc2)CC1. The summed E-state index contributed by atoms with van der Waals surface area (Å²) in [4.78, 5) is 41.3. The second-order valence-electron chi connectivity index (χ2n) is 9.43. The van der Waals surface area contributed by atoms with E-state index in [9.17, 15) is 14.4 Å². The van der Waals surface area contributed by atoms with Gasteiger partial charge in [0.2, 0.25) is 5.91 Å². The highest BCUT2D eigenvalue weighted by atomic mass is 35.5. The van der Waals surface area contributed by atoms with Crippen LogP contribution in [0.15, 0.2) is 48.5 Å². The van der Waals surface area contributed by atoms with Crippen LogP contribution in [0, 0.1) is 0 Å². The number of primary amides is 1. The van der Waals surface area contributed by atoms with Gasteiger partial charge in [-0.2, -0.15) is 5.10 Å². The summed E-state index contributed by atoms with van der Waals surface area (Å²) in [5, 5.41) is 4.87. The second kappa shape index (κ2) is 8.53.